The predicted octanol–water partition coefficient (Wildman–Crippen LogP) is 2.33. The molecule has 0 radical (unpaired) electrons. The third kappa shape index (κ3) is 4.37. The van der Waals surface area contributed by atoms with Gasteiger partial charge in [-0.25, -0.2) is 4.79 Å². The van der Waals surface area contributed by atoms with Crippen molar-refractivity contribution in [3.8, 4) is 0 Å². The number of carbonyl (C=O) groups is 1. The number of amides is 1. The van der Waals surface area contributed by atoms with Crippen LogP contribution in [0.25, 0.3) is 10.4 Å². The molecule has 0 aromatic heterocycles. The second-order valence-corrected chi connectivity index (χ2v) is 5.96. The molecule has 0 aromatic rings. The first kappa shape index (κ1) is 19.3. The Morgan fingerprint density at radius 1 is 1.65 bits per heavy atom. The fraction of sp³-hybridized carbons (Fsp3) is 0.800. The van der Waals surface area contributed by atoms with E-state index in [4.69, 9.17) is 16.0 Å². The monoisotopic (exact) mass is 325 g/mol. The second-order valence-electron chi connectivity index (χ2n) is 5.96. The first-order chi connectivity index (χ1) is 10.9. The Labute approximate surface area is 136 Å². The summed E-state index contributed by atoms with van der Waals surface area (Å²) in [5.74, 6) is 0. The summed E-state index contributed by atoms with van der Waals surface area (Å²) in [6, 6.07) is -0.801. The Morgan fingerprint density at radius 2 is 2.35 bits per heavy atom. The maximum absolute atomic E-state index is 12.3. The molecule has 0 bridgehead atoms. The summed E-state index contributed by atoms with van der Waals surface area (Å²) >= 11 is 0. The van der Waals surface area contributed by atoms with E-state index in [1.165, 1.54) is 0 Å². The third-order valence-electron chi connectivity index (χ3n) is 4.33. The van der Waals surface area contributed by atoms with Crippen LogP contribution in [0, 0.1) is 0 Å². The van der Waals surface area contributed by atoms with Crippen LogP contribution < -0.4 is 5.73 Å². The lowest BCUT2D eigenvalue weighted by Gasteiger charge is -2.38. The maximum Gasteiger partial charge on any atom is 0.410 e. The zero-order valence-corrected chi connectivity index (χ0v) is 13.9. The minimum Gasteiger partial charge on any atom is -0.438 e. The van der Waals surface area contributed by atoms with E-state index in [1.807, 2.05) is 6.92 Å². The number of carbonyl (C=O) groups excluding carboxylic acids is 1. The molecule has 8 heteroatoms. The van der Waals surface area contributed by atoms with Crippen LogP contribution in [0.15, 0.2) is 17.8 Å². The Kier molecular flexibility index (Phi) is 7.35. The Hall–Kier alpha value is -1.76. The molecule has 4 atom stereocenters. The molecule has 1 fully saturated rings. The predicted molar refractivity (Wildman–Crippen MR) is 87.7 cm³/mol. The minimum absolute atomic E-state index is 0.373. The molecule has 1 amide bonds. The summed E-state index contributed by atoms with van der Waals surface area (Å²) in [5.41, 5.74) is 13.5. The smallest absolute Gasteiger partial charge is 0.410 e. The zero-order chi connectivity index (χ0) is 17.5. The molecule has 1 rings (SSSR count). The summed E-state index contributed by atoms with van der Waals surface area (Å²) in [5, 5.41) is 13.8. The standard InChI is InChI=1S/C15H27N5O3/c1-4-8-11(16)13-15(3,12(21)5-2)23-14(22)20(13)10-7-6-9-18-19-17/h4,11-13,21H,1,5-10,16H2,2-3H3/t11-,12?,13-,15-/m1/s1. The van der Waals surface area contributed by atoms with Gasteiger partial charge in [0.05, 0.1) is 12.1 Å². The number of rotatable bonds is 10. The number of unbranched alkanes of at least 4 members (excludes halogenated alkanes) is 1. The van der Waals surface area contributed by atoms with Crippen LogP contribution in [0.4, 0.5) is 4.79 Å². The van der Waals surface area contributed by atoms with Gasteiger partial charge in [-0.1, -0.05) is 18.1 Å². The van der Waals surface area contributed by atoms with Gasteiger partial charge in [0, 0.05) is 24.0 Å². The van der Waals surface area contributed by atoms with Crippen molar-refractivity contribution < 1.29 is 14.6 Å². The van der Waals surface area contributed by atoms with Crippen molar-refractivity contribution in [2.24, 2.45) is 10.8 Å². The molecule has 0 aromatic carbocycles. The lowest BCUT2D eigenvalue weighted by Crippen LogP contribution is -2.59. The highest BCUT2D eigenvalue weighted by Gasteiger charge is 2.56. The molecular weight excluding hydrogens is 298 g/mol. The minimum atomic E-state index is -1.04. The van der Waals surface area contributed by atoms with Crippen LogP contribution in [-0.4, -0.2) is 53.0 Å². The molecule has 0 aliphatic carbocycles. The van der Waals surface area contributed by atoms with Crippen LogP contribution >= 0.6 is 0 Å². The topological polar surface area (TPSA) is 125 Å². The molecule has 1 aliphatic heterocycles. The number of nitrogens with zero attached hydrogens (tertiary/aromatic N) is 4. The van der Waals surface area contributed by atoms with Gasteiger partial charge < -0.3 is 15.6 Å². The number of ether oxygens (including phenoxy) is 1. The highest BCUT2D eigenvalue weighted by molar-refractivity contribution is 5.72. The van der Waals surface area contributed by atoms with E-state index in [9.17, 15) is 9.90 Å². The lowest BCUT2D eigenvalue weighted by atomic mass is 9.83. The molecule has 3 N–H and O–H groups in total. The number of cyclic esters (lactones) is 1. The summed E-state index contributed by atoms with van der Waals surface area (Å²) in [7, 11) is 0. The molecule has 1 unspecified atom stereocenters. The molecule has 0 spiro atoms. The van der Waals surface area contributed by atoms with Gasteiger partial charge in [-0.3, -0.25) is 4.90 Å². The van der Waals surface area contributed by atoms with Crippen molar-refractivity contribution in [1.82, 2.24) is 4.90 Å². The molecule has 1 heterocycles. The zero-order valence-electron chi connectivity index (χ0n) is 13.9. The summed E-state index contributed by atoms with van der Waals surface area (Å²) in [6.07, 6.45) is 2.77. The average Bonchev–Trinajstić information content (AvgIpc) is 2.78. The van der Waals surface area contributed by atoms with Crippen LogP contribution in [-0.2, 0) is 4.74 Å². The number of aliphatic hydroxyl groups is 1. The van der Waals surface area contributed by atoms with E-state index in [2.05, 4.69) is 16.6 Å². The number of nitrogens with two attached hydrogens (primary N) is 1. The largest absolute Gasteiger partial charge is 0.438 e. The van der Waals surface area contributed by atoms with Crippen molar-refractivity contribution in [3.63, 3.8) is 0 Å². The molecule has 0 saturated carbocycles. The number of aliphatic hydroxyl groups excluding tert-OH is 1. The van der Waals surface area contributed by atoms with Crippen molar-refractivity contribution in [3.05, 3.63) is 23.1 Å². The highest BCUT2D eigenvalue weighted by atomic mass is 16.6. The summed E-state index contributed by atoms with van der Waals surface area (Å²) in [4.78, 5) is 16.6. The SMILES string of the molecule is C=CC[C@@H](N)[C@H]1N(CCCCN=[N+]=[N-])C(=O)O[C@]1(C)C(O)CC. The van der Waals surface area contributed by atoms with E-state index in [-0.39, 0.29) is 6.04 Å². The van der Waals surface area contributed by atoms with Crippen LogP contribution in [0.2, 0.25) is 0 Å². The molecule has 8 nitrogen and oxygen atoms in total. The Bertz CT molecular complexity index is 466. The molecule has 130 valence electrons. The van der Waals surface area contributed by atoms with Gasteiger partial charge >= 0.3 is 6.09 Å². The lowest BCUT2D eigenvalue weighted by molar-refractivity contribution is -0.0653. The Morgan fingerprint density at radius 3 is 2.91 bits per heavy atom. The number of azide groups is 1. The molecule has 1 aliphatic rings. The normalized spacial score (nSPS) is 26.3. The first-order valence-corrected chi connectivity index (χ1v) is 7.97. The van der Waals surface area contributed by atoms with Crippen molar-refractivity contribution in [1.29, 1.82) is 0 Å². The molecular formula is C15H27N5O3. The van der Waals surface area contributed by atoms with Crippen LogP contribution in [0.5, 0.6) is 0 Å². The van der Waals surface area contributed by atoms with Gasteiger partial charge in [-0.05, 0) is 38.1 Å². The van der Waals surface area contributed by atoms with Crippen LogP contribution in [0.1, 0.15) is 39.5 Å². The molecule has 1 saturated heterocycles. The number of hydrogen-bond donors (Lipinski definition) is 2. The molecule has 23 heavy (non-hydrogen) atoms. The van der Waals surface area contributed by atoms with E-state index in [1.54, 1.807) is 17.9 Å². The van der Waals surface area contributed by atoms with Gasteiger partial charge in [0.1, 0.15) is 0 Å². The second kappa shape index (κ2) is 8.76. The van der Waals surface area contributed by atoms with Crippen LogP contribution in [0.3, 0.4) is 0 Å². The maximum atomic E-state index is 12.3. The average molecular weight is 325 g/mol. The van der Waals surface area contributed by atoms with Crippen molar-refractivity contribution >= 4 is 6.09 Å². The fourth-order valence-electron chi connectivity index (χ4n) is 3.12. The van der Waals surface area contributed by atoms with Gasteiger partial charge in [-0.2, -0.15) is 0 Å². The van der Waals surface area contributed by atoms with E-state index in [0.29, 0.717) is 38.8 Å². The van der Waals surface area contributed by atoms with Crippen molar-refractivity contribution in [2.75, 3.05) is 13.1 Å². The van der Waals surface area contributed by atoms with Gasteiger partial charge in [-0.15, -0.1) is 6.58 Å². The van der Waals surface area contributed by atoms with E-state index < -0.39 is 23.8 Å². The summed E-state index contributed by atoms with van der Waals surface area (Å²) < 4.78 is 5.51. The van der Waals surface area contributed by atoms with Crippen molar-refractivity contribution in [2.45, 2.75) is 63.3 Å². The van der Waals surface area contributed by atoms with E-state index in [0.717, 1.165) is 0 Å². The fourth-order valence-corrected chi connectivity index (χ4v) is 3.12. The first-order valence-electron chi connectivity index (χ1n) is 7.97. The van der Waals surface area contributed by atoms with E-state index >= 15 is 0 Å². The third-order valence-corrected chi connectivity index (χ3v) is 4.33. The van der Waals surface area contributed by atoms with Gasteiger partial charge in [0.15, 0.2) is 5.60 Å². The van der Waals surface area contributed by atoms with Gasteiger partial charge in [0.25, 0.3) is 0 Å². The highest BCUT2D eigenvalue weighted by Crippen LogP contribution is 2.36. The quantitative estimate of drug-likeness (QED) is 0.210. The number of hydrogen-bond acceptors (Lipinski definition) is 5. The van der Waals surface area contributed by atoms with Gasteiger partial charge in [0.2, 0.25) is 0 Å². The Balaban J connectivity index is 2.90. The summed E-state index contributed by atoms with van der Waals surface area (Å²) in [6.45, 7) is 8.09.